The summed E-state index contributed by atoms with van der Waals surface area (Å²) in [7, 11) is -3.48. The zero-order valence-electron chi connectivity index (χ0n) is 12.6. The van der Waals surface area contributed by atoms with E-state index < -0.39 is 22.0 Å². The number of fused-ring (bicyclic) bond motifs is 1. The summed E-state index contributed by atoms with van der Waals surface area (Å²) in [5.74, 6) is -0.0963. The zero-order valence-corrected chi connectivity index (χ0v) is 14.2. The van der Waals surface area contributed by atoms with Crippen molar-refractivity contribution in [1.82, 2.24) is 9.29 Å². The van der Waals surface area contributed by atoms with Crippen molar-refractivity contribution < 1.29 is 13.2 Å². The van der Waals surface area contributed by atoms with Gasteiger partial charge in [-0.15, -0.1) is 11.3 Å². The van der Waals surface area contributed by atoms with Crippen LogP contribution in [0.25, 0.3) is 0 Å². The van der Waals surface area contributed by atoms with Crippen LogP contribution in [0.15, 0.2) is 5.51 Å². The van der Waals surface area contributed by atoms with E-state index in [4.69, 9.17) is 5.73 Å². The highest BCUT2D eigenvalue weighted by Gasteiger charge is 2.50. The summed E-state index contributed by atoms with van der Waals surface area (Å²) in [6, 6.07) is -0.653. The van der Waals surface area contributed by atoms with Gasteiger partial charge in [0.1, 0.15) is 6.04 Å². The van der Waals surface area contributed by atoms with E-state index in [0.29, 0.717) is 13.0 Å². The number of amides is 1. The molecule has 1 aliphatic heterocycles. The summed E-state index contributed by atoms with van der Waals surface area (Å²) in [5, 5.41) is 0. The summed E-state index contributed by atoms with van der Waals surface area (Å²) in [4.78, 5) is 16.9. The molecular weight excluding hydrogens is 322 g/mol. The number of primary amides is 1. The van der Waals surface area contributed by atoms with E-state index >= 15 is 0 Å². The van der Waals surface area contributed by atoms with E-state index in [1.54, 1.807) is 5.51 Å². The number of rotatable bonds is 5. The maximum absolute atomic E-state index is 12.7. The Morgan fingerprint density at radius 1 is 1.50 bits per heavy atom. The number of nitrogens with two attached hydrogens (primary N) is 1. The molecule has 3 unspecified atom stereocenters. The first kappa shape index (κ1) is 15.9. The highest BCUT2D eigenvalue weighted by atomic mass is 32.2. The average Bonchev–Trinajstić information content (AvgIpc) is 3.10. The third kappa shape index (κ3) is 2.79. The smallest absolute Gasteiger partial charge is 0.236 e. The molecule has 2 aliphatic rings. The van der Waals surface area contributed by atoms with E-state index in [-0.39, 0.29) is 17.6 Å². The minimum absolute atomic E-state index is 0.0131. The number of hydrogen-bond acceptors (Lipinski definition) is 5. The maximum Gasteiger partial charge on any atom is 0.236 e. The van der Waals surface area contributed by atoms with Crippen molar-refractivity contribution in [1.29, 1.82) is 0 Å². The number of aryl methyl sites for hydroxylation is 2. The van der Waals surface area contributed by atoms with Gasteiger partial charge in [0, 0.05) is 11.4 Å². The van der Waals surface area contributed by atoms with Gasteiger partial charge >= 0.3 is 0 Å². The molecule has 2 fully saturated rings. The lowest BCUT2D eigenvalue weighted by Gasteiger charge is -2.24. The summed E-state index contributed by atoms with van der Waals surface area (Å²) in [5.41, 5.74) is 8.11. The molecule has 6 nitrogen and oxygen atoms in total. The van der Waals surface area contributed by atoms with Crippen molar-refractivity contribution in [3.8, 4) is 0 Å². The van der Waals surface area contributed by atoms with Crippen LogP contribution in [0.5, 0.6) is 0 Å². The number of aromatic nitrogens is 1. The van der Waals surface area contributed by atoms with E-state index in [2.05, 4.69) is 4.98 Å². The topological polar surface area (TPSA) is 93.4 Å². The van der Waals surface area contributed by atoms with Crippen LogP contribution in [0.4, 0.5) is 0 Å². The first-order valence-corrected chi connectivity index (χ1v) is 10.1. The molecule has 1 aromatic rings. The lowest BCUT2D eigenvalue weighted by molar-refractivity contribution is -0.122. The molecule has 8 heteroatoms. The van der Waals surface area contributed by atoms with Gasteiger partial charge in [0.2, 0.25) is 15.9 Å². The van der Waals surface area contributed by atoms with Crippen LogP contribution in [0.2, 0.25) is 0 Å². The molecule has 2 heterocycles. The van der Waals surface area contributed by atoms with Gasteiger partial charge in [-0.3, -0.25) is 4.79 Å². The lowest BCUT2D eigenvalue weighted by Crippen LogP contribution is -2.47. The van der Waals surface area contributed by atoms with E-state index in [1.807, 2.05) is 6.92 Å². The van der Waals surface area contributed by atoms with Crippen LogP contribution in [0, 0.1) is 18.8 Å². The Hall–Kier alpha value is -0.990. The fraction of sp³-hybridized carbons (Fsp3) is 0.714. The van der Waals surface area contributed by atoms with Crippen molar-refractivity contribution in [3.63, 3.8) is 0 Å². The SMILES string of the molecule is Cc1ncsc1CCS(=O)(=O)N1CC2CCCC2C1C(N)=O. The van der Waals surface area contributed by atoms with E-state index in [1.165, 1.54) is 15.6 Å². The van der Waals surface area contributed by atoms with Gasteiger partial charge in [0.25, 0.3) is 0 Å². The van der Waals surface area contributed by atoms with Crippen LogP contribution in [0.3, 0.4) is 0 Å². The molecule has 2 N–H and O–H groups in total. The number of hydrogen-bond donors (Lipinski definition) is 1. The molecule has 0 aromatic carbocycles. The highest BCUT2D eigenvalue weighted by molar-refractivity contribution is 7.89. The quantitative estimate of drug-likeness (QED) is 0.860. The first-order chi connectivity index (χ1) is 10.4. The summed E-state index contributed by atoms with van der Waals surface area (Å²) in [6.07, 6.45) is 3.40. The Balaban J connectivity index is 1.76. The normalized spacial score (nSPS) is 28.9. The number of carbonyl (C=O) groups is 1. The molecule has 0 spiro atoms. The number of nitrogens with zero attached hydrogens (tertiary/aromatic N) is 2. The summed E-state index contributed by atoms with van der Waals surface area (Å²) in [6.45, 7) is 2.33. The molecule has 1 aromatic heterocycles. The predicted octanol–water partition coefficient (Wildman–Crippen LogP) is 0.910. The van der Waals surface area contributed by atoms with E-state index in [9.17, 15) is 13.2 Å². The zero-order chi connectivity index (χ0) is 15.9. The molecule has 3 atom stereocenters. The highest BCUT2D eigenvalue weighted by Crippen LogP contribution is 2.43. The van der Waals surface area contributed by atoms with Crippen LogP contribution < -0.4 is 5.73 Å². The molecule has 0 radical (unpaired) electrons. The minimum Gasteiger partial charge on any atom is -0.368 e. The summed E-state index contributed by atoms with van der Waals surface area (Å²) < 4.78 is 26.8. The number of sulfonamides is 1. The van der Waals surface area contributed by atoms with Gasteiger partial charge in [0.15, 0.2) is 0 Å². The lowest BCUT2D eigenvalue weighted by atomic mass is 9.94. The van der Waals surface area contributed by atoms with Crippen molar-refractivity contribution in [3.05, 3.63) is 16.1 Å². The number of thiazole rings is 1. The van der Waals surface area contributed by atoms with Gasteiger partial charge in [0.05, 0.1) is 17.0 Å². The predicted molar refractivity (Wildman–Crippen MR) is 84.9 cm³/mol. The van der Waals surface area contributed by atoms with Gasteiger partial charge < -0.3 is 5.73 Å². The van der Waals surface area contributed by atoms with Crippen LogP contribution in [-0.4, -0.2) is 42.0 Å². The van der Waals surface area contributed by atoms with Crippen molar-refractivity contribution in [2.45, 2.75) is 38.6 Å². The molecule has 0 bridgehead atoms. The second-order valence-electron chi connectivity index (χ2n) is 6.20. The Bertz CT molecular complexity index is 671. The fourth-order valence-corrected chi connectivity index (χ4v) is 6.44. The standard InChI is InChI=1S/C14H21N3O3S2/c1-9-12(21-8-16-9)5-6-22(19,20)17-7-10-3-2-4-11(10)13(17)14(15)18/h8,10-11,13H,2-7H2,1H3,(H2,15,18). The molecule has 1 amide bonds. The number of carbonyl (C=O) groups excluding carboxylic acids is 1. The molecule has 22 heavy (non-hydrogen) atoms. The fourth-order valence-electron chi connectivity index (χ4n) is 3.81. The van der Waals surface area contributed by atoms with Crippen LogP contribution in [-0.2, 0) is 21.2 Å². The molecule has 1 aliphatic carbocycles. The van der Waals surface area contributed by atoms with Crippen molar-refractivity contribution in [2.24, 2.45) is 17.6 Å². The second-order valence-corrected chi connectivity index (χ2v) is 9.18. The second kappa shape index (κ2) is 5.90. The molecule has 1 saturated heterocycles. The molecular formula is C14H21N3O3S2. The van der Waals surface area contributed by atoms with E-state index in [0.717, 1.165) is 29.8 Å². The minimum atomic E-state index is -3.48. The largest absolute Gasteiger partial charge is 0.368 e. The van der Waals surface area contributed by atoms with Gasteiger partial charge in [-0.1, -0.05) is 6.42 Å². The van der Waals surface area contributed by atoms with Crippen LogP contribution in [0.1, 0.15) is 29.8 Å². The Morgan fingerprint density at radius 3 is 2.91 bits per heavy atom. The summed E-state index contributed by atoms with van der Waals surface area (Å²) >= 11 is 1.47. The average molecular weight is 343 g/mol. The van der Waals surface area contributed by atoms with Crippen molar-refractivity contribution >= 4 is 27.3 Å². The van der Waals surface area contributed by atoms with Crippen LogP contribution >= 0.6 is 11.3 Å². The first-order valence-electron chi connectivity index (χ1n) is 7.58. The Morgan fingerprint density at radius 2 is 2.27 bits per heavy atom. The molecule has 122 valence electrons. The maximum atomic E-state index is 12.7. The van der Waals surface area contributed by atoms with Gasteiger partial charge in [-0.25, -0.2) is 13.4 Å². The monoisotopic (exact) mass is 343 g/mol. The third-order valence-electron chi connectivity index (χ3n) is 4.93. The van der Waals surface area contributed by atoms with Crippen molar-refractivity contribution in [2.75, 3.05) is 12.3 Å². The third-order valence-corrected chi connectivity index (χ3v) is 7.73. The molecule has 1 saturated carbocycles. The van der Waals surface area contributed by atoms with Gasteiger partial charge in [-0.2, -0.15) is 4.31 Å². The Labute approximate surface area is 134 Å². The molecule has 3 rings (SSSR count). The van der Waals surface area contributed by atoms with Gasteiger partial charge in [-0.05, 0) is 38.0 Å². The Kier molecular flexibility index (Phi) is 4.26.